The van der Waals surface area contributed by atoms with E-state index >= 15 is 0 Å². The molecule has 4 rings (SSSR count). The van der Waals surface area contributed by atoms with Gasteiger partial charge in [0.2, 0.25) is 5.91 Å². The Labute approximate surface area is 177 Å². The third-order valence-electron chi connectivity index (χ3n) is 5.19. The second-order valence-corrected chi connectivity index (χ2v) is 7.31. The fourth-order valence-electron chi connectivity index (χ4n) is 3.30. The molecule has 4 aromatic rings. The molecule has 0 saturated heterocycles. The molecule has 0 bridgehead atoms. The molecule has 0 aliphatic heterocycles. The van der Waals surface area contributed by atoms with E-state index in [1.807, 2.05) is 26.0 Å². The standard InChI is InChI=1S/C23H21N5O3/c1-14-7-8-16(11-15(14)2)20(29)9-10-21(30)27-18-5-3-4-6-19(18)28-22-17(12-26-28)23(31)25-13-24-22/h3-8,11-13H,9-10H2,1-2H3,(H,27,30)(H,24,25,31). The minimum absolute atomic E-state index is 0.0534. The van der Waals surface area contributed by atoms with Gasteiger partial charge in [0.1, 0.15) is 5.39 Å². The second kappa shape index (κ2) is 8.35. The Balaban J connectivity index is 1.50. The van der Waals surface area contributed by atoms with Gasteiger partial charge in [-0.3, -0.25) is 14.4 Å². The molecule has 2 N–H and O–H groups in total. The highest BCUT2D eigenvalue weighted by Gasteiger charge is 2.15. The molecular weight excluding hydrogens is 394 g/mol. The maximum atomic E-state index is 12.5. The summed E-state index contributed by atoms with van der Waals surface area (Å²) in [7, 11) is 0. The van der Waals surface area contributed by atoms with Crippen LogP contribution < -0.4 is 10.9 Å². The summed E-state index contributed by atoms with van der Waals surface area (Å²) >= 11 is 0. The van der Waals surface area contributed by atoms with E-state index in [0.29, 0.717) is 28.0 Å². The highest BCUT2D eigenvalue weighted by atomic mass is 16.2. The van der Waals surface area contributed by atoms with Crippen LogP contribution >= 0.6 is 0 Å². The molecule has 0 fully saturated rings. The van der Waals surface area contributed by atoms with E-state index in [0.717, 1.165) is 11.1 Å². The Morgan fingerprint density at radius 1 is 1.06 bits per heavy atom. The number of benzene rings is 2. The largest absolute Gasteiger partial charge is 0.324 e. The molecular formula is C23H21N5O3. The van der Waals surface area contributed by atoms with Crippen LogP contribution in [0.25, 0.3) is 16.7 Å². The lowest BCUT2D eigenvalue weighted by molar-refractivity contribution is -0.116. The topological polar surface area (TPSA) is 110 Å². The van der Waals surface area contributed by atoms with E-state index < -0.39 is 0 Å². The molecule has 1 amide bonds. The minimum Gasteiger partial charge on any atom is -0.324 e. The Bertz CT molecular complexity index is 1350. The zero-order valence-electron chi connectivity index (χ0n) is 17.2. The number of nitrogens with one attached hydrogen (secondary N) is 2. The van der Waals surface area contributed by atoms with Gasteiger partial charge in [0.15, 0.2) is 11.4 Å². The number of carbonyl (C=O) groups is 2. The molecule has 2 aromatic heterocycles. The molecule has 0 saturated carbocycles. The van der Waals surface area contributed by atoms with Crippen LogP contribution in [0.15, 0.2) is 59.8 Å². The minimum atomic E-state index is -0.289. The van der Waals surface area contributed by atoms with Gasteiger partial charge < -0.3 is 10.3 Å². The molecule has 2 aromatic carbocycles. The summed E-state index contributed by atoms with van der Waals surface area (Å²) in [6, 6.07) is 12.6. The first-order chi connectivity index (χ1) is 14.9. The summed E-state index contributed by atoms with van der Waals surface area (Å²) in [5.41, 5.74) is 3.95. The number of ketones is 1. The van der Waals surface area contributed by atoms with E-state index in [2.05, 4.69) is 20.4 Å². The molecule has 8 nitrogen and oxygen atoms in total. The molecule has 2 heterocycles. The predicted molar refractivity (Wildman–Crippen MR) is 118 cm³/mol. The first-order valence-corrected chi connectivity index (χ1v) is 9.85. The zero-order chi connectivity index (χ0) is 22.0. The number of nitrogens with zero attached hydrogens (tertiary/aromatic N) is 3. The van der Waals surface area contributed by atoms with Crippen LogP contribution in [0.1, 0.15) is 34.3 Å². The number of anilines is 1. The first-order valence-electron chi connectivity index (χ1n) is 9.85. The van der Waals surface area contributed by atoms with Crippen molar-refractivity contribution in [1.29, 1.82) is 0 Å². The molecule has 0 unspecified atom stereocenters. The number of para-hydroxylation sites is 2. The third kappa shape index (κ3) is 4.13. The first kappa shape index (κ1) is 20.2. The maximum absolute atomic E-state index is 12.5. The number of rotatable bonds is 6. The lowest BCUT2D eigenvalue weighted by Crippen LogP contribution is -2.15. The van der Waals surface area contributed by atoms with Crippen LogP contribution in [0.4, 0.5) is 5.69 Å². The van der Waals surface area contributed by atoms with Gasteiger partial charge in [-0.15, -0.1) is 0 Å². The van der Waals surface area contributed by atoms with Crippen molar-refractivity contribution in [2.45, 2.75) is 26.7 Å². The second-order valence-electron chi connectivity index (χ2n) is 7.31. The average molecular weight is 415 g/mol. The van der Waals surface area contributed by atoms with Gasteiger partial charge in [0.25, 0.3) is 5.56 Å². The quantitative estimate of drug-likeness (QED) is 0.470. The van der Waals surface area contributed by atoms with Crippen LogP contribution in [0.5, 0.6) is 0 Å². The monoisotopic (exact) mass is 415 g/mol. The number of Topliss-reactive ketones (excluding diaryl/α,β-unsaturated/α-hetero) is 1. The maximum Gasteiger partial charge on any atom is 0.261 e. The fraction of sp³-hybridized carbons (Fsp3) is 0.174. The number of aromatic amines is 1. The lowest BCUT2D eigenvalue weighted by atomic mass is 10.0. The van der Waals surface area contributed by atoms with Gasteiger partial charge in [-0.1, -0.05) is 24.3 Å². The van der Waals surface area contributed by atoms with Gasteiger partial charge in [-0.05, 0) is 43.2 Å². The van der Waals surface area contributed by atoms with Gasteiger partial charge in [-0.2, -0.15) is 5.10 Å². The Morgan fingerprint density at radius 2 is 1.87 bits per heavy atom. The van der Waals surface area contributed by atoms with Gasteiger partial charge in [0.05, 0.1) is 23.9 Å². The van der Waals surface area contributed by atoms with Gasteiger partial charge in [-0.25, -0.2) is 9.67 Å². The highest BCUT2D eigenvalue weighted by molar-refractivity contribution is 6.00. The number of fused-ring (bicyclic) bond motifs is 1. The summed E-state index contributed by atoms with van der Waals surface area (Å²) in [6.45, 7) is 3.94. The number of hydrogen-bond donors (Lipinski definition) is 2. The van der Waals surface area contributed by atoms with Crippen molar-refractivity contribution in [3.63, 3.8) is 0 Å². The SMILES string of the molecule is Cc1ccc(C(=O)CCC(=O)Nc2ccccc2-n2ncc3c(=O)[nH]cnc32)cc1C. The molecule has 8 heteroatoms. The number of amides is 1. The average Bonchev–Trinajstić information content (AvgIpc) is 3.20. The van der Waals surface area contributed by atoms with E-state index in [4.69, 9.17) is 0 Å². The molecule has 0 radical (unpaired) electrons. The van der Waals surface area contributed by atoms with Crippen LogP contribution in [0.2, 0.25) is 0 Å². The van der Waals surface area contributed by atoms with Crippen molar-refractivity contribution in [2.75, 3.05) is 5.32 Å². The molecule has 0 aliphatic rings. The van der Waals surface area contributed by atoms with Gasteiger partial charge in [0, 0.05) is 18.4 Å². The van der Waals surface area contributed by atoms with E-state index in [1.165, 1.54) is 17.2 Å². The van der Waals surface area contributed by atoms with Crippen molar-refractivity contribution < 1.29 is 9.59 Å². The lowest BCUT2D eigenvalue weighted by Gasteiger charge is -2.11. The fourth-order valence-corrected chi connectivity index (χ4v) is 3.30. The third-order valence-corrected chi connectivity index (χ3v) is 5.19. The smallest absolute Gasteiger partial charge is 0.261 e. The summed E-state index contributed by atoms with van der Waals surface area (Å²) in [6.07, 6.45) is 2.90. The van der Waals surface area contributed by atoms with Crippen molar-refractivity contribution in [1.82, 2.24) is 19.7 Å². The Hall–Kier alpha value is -4.07. The molecule has 0 aliphatic carbocycles. The molecule has 156 valence electrons. The van der Waals surface area contributed by atoms with Crippen LogP contribution in [-0.2, 0) is 4.79 Å². The zero-order valence-corrected chi connectivity index (χ0v) is 17.2. The number of aryl methyl sites for hydroxylation is 2. The Kier molecular flexibility index (Phi) is 5.44. The number of carbonyl (C=O) groups excluding carboxylic acids is 2. The number of H-pyrrole nitrogens is 1. The van der Waals surface area contributed by atoms with Crippen molar-refractivity contribution >= 4 is 28.4 Å². The van der Waals surface area contributed by atoms with E-state index in [9.17, 15) is 14.4 Å². The van der Waals surface area contributed by atoms with E-state index in [-0.39, 0.29) is 30.1 Å². The number of aromatic nitrogens is 4. The summed E-state index contributed by atoms with van der Waals surface area (Å²) in [5, 5.41) is 7.44. The van der Waals surface area contributed by atoms with E-state index in [1.54, 1.807) is 30.3 Å². The van der Waals surface area contributed by atoms with Gasteiger partial charge >= 0.3 is 0 Å². The predicted octanol–water partition coefficient (Wildman–Crippen LogP) is 3.33. The highest BCUT2D eigenvalue weighted by Crippen LogP contribution is 2.22. The van der Waals surface area contributed by atoms with Crippen LogP contribution in [0, 0.1) is 13.8 Å². The van der Waals surface area contributed by atoms with Crippen molar-refractivity contribution in [3.05, 3.63) is 82.0 Å². The van der Waals surface area contributed by atoms with Crippen molar-refractivity contribution in [2.24, 2.45) is 0 Å². The Morgan fingerprint density at radius 3 is 2.68 bits per heavy atom. The van der Waals surface area contributed by atoms with Crippen molar-refractivity contribution in [3.8, 4) is 5.69 Å². The van der Waals surface area contributed by atoms with Crippen LogP contribution in [-0.4, -0.2) is 31.4 Å². The number of hydrogen-bond acceptors (Lipinski definition) is 5. The normalized spacial score (nSPS) is 10.9. The molecule has 0 atom stereocenters. The summed E-state index contributed by atoms with van der Waals surface area (Å²) in [4.78, 5) is 43.7. The summed E-state index contributed by atoms with van der Waals surface area (Å²) in [5.74, 6) is -0.361. The molecule has 31 heavy (non-hydrogen) atoms. The summed E-state index contributed by atoms with van der Waals surface area (Å²) < 4.78 is 1.50. The van der Waals surface area contributed by atoms with Crippen LogP contribution in [0.3, 0.4) is 0 Å². The molecule has 0 spiro atoms.